The first kappa shape index (κ1) is 15.5. The Labute approximate surface area is 140 Å². The van der Waals surface area contributed by atoms with Gasteiger partial charge in [-0.15, -0.1) is 23.5 Å². The molecule has 1 fully saturated rings. The zero-order chi connectivity index (χ0) is 15.4. The van der Waals surface area contributed by atoms with Crippen LogP contribution in [0, 0.1) is 0 Å². The van der Waals surface area contributed by atoms with Crippen molar-refractivity contribution in [2.75, 3.05) is 12.0 Å². The lowest BCUT2D eigenvalue weighted by Gasteiger charge is -2.35. The van der Waals surface area contributed by atoms with E-state index in [2.05, 4.69) is 42.7 Å². The van der Waals surface area contributed by atoms with Gasteiger partial charge in [0, 0.05) is 23.6 Å². The van der Waals surface area contributed by atoms with Crippen LogP contribution in [0.5, 0.6) is 0 Å². The van der Waals surface area contributed by atoms with E-state index < -0.39 is 0 Å². The molecule has 1 saturated heterocycles. The highest BCUT2D eigenvalue weighted by molar-refractivity contribution is 7.99. The predicted octanol–water partition coefficient (Wildman–Crippen LogP) is 4.57. The van der Waals surface area contributed by atoms with Crippen molar-refractivity contribution < 1.29 is 4.79 Å². The summed E-state index contributed by atoms with van der Waals surface area (Å²) >= 11 is 3.60. The number of nitrogens with zero attached hydrogens (tertiary/aromatic N) is 1. The van der Waals surface area contributed by atoms with Crippen molar-refractivity contribution in [1.82, 2.24) is 4.90 Å². The fourth-order valence-corrected chi connectivity index (χ4v) is 4.26. The van der Waals surface area contributed by atoms with Gasteiger partial charge in [-0.3, -0.25) is 4.79 Å². The molecule has 0 N–H and O–H groups in total. The molecule has 22 heavy (non-hydrogen) atoms. The van der Waals surface area contributed by atoms with E-state index in [0.717, 1.165) is 5.75 Å². The number of amides is 1. The minimum Gasteiger partial charge on any atom is -0.322 e. The van der Waals surface area contributed by atoms with Crippen LogP contribution in [0.25, 0.3) is 0 Å². The molecule has 2 nitrogen and oxygen atoms in total. The largest absolute Gasteiger partial charge is 0.322 e. The van der Waals surface area contributed by atoms with Gasteiger partial charge in [-0.1, -0.05) is 42.5 Å². The van der Waals surface area contributed by atoms with Crippen molar-refractivity contribution >= 4 is 29.4 Å². The highest BCUT2D eigenvalue weighted by Gasteiger charge is 2.29. The van der Waals surface area contributed by atoms with Gasteiger partial charge in [-0.2, -0.15) is 0 Å². The minimum absolute atomic E-state index is 0.123. The number of thioether (sulfide) groups is 2. The first-order valence-electron chi connectivity index (χ1n) is 7.37. The molecule has 0 aromatic heterocycles. The maximum Gasteiger partial charge on any atom is 0.224 e. The molecule has 2 aromatic carbocycles. The maximum atomic E-state index is 12.4. The molecule has 1 heterocycles. The average molecular weight is 329 g/mol. The number of hydrogen-bond donors (Lipinski definition) is 0. The van der Waals surface area contributed by atoms with Gasteiger partial charge in [-0.05, 0) is 29.5 Å². The molecule has 114 valence electrons. The van der Waals surface area contributed by atoms with Gasteiger partial charge in [0.25, 0.3) is 0 Å². The van der Waals surface area contributed by atoms with Gasteiger partial charge in [0.05, 0.1) is 0 Å². The Bertz CT molecular complexity index is 627. The van der Waals surface area contributed by atoms with Crippen LogP contribution in [0.2, 0.25) is 0 Å². The van der Waals surface area contributed by atoms with E-state index in [0.29, 0.717) is 13.0 Å². The van der Waals surface area contributed by atoms with Gasteiger partial charge in [0.2, 0.25) is 5.91 Å². The third-order valence-corrected chi connectivity index (χ3v) is 5.82. The second-order valence-corrected chi connectivity index (χ2v) is 7.32. The van der Waals surface area contributed by atoms with Crippen LogP contribution in [0.1, 0.15) is 22.9 Å². The summed E-state index contributed by atoms with van der Waals surface area (Å²) < 4.78 is 0. The van der Waals surface area contributed by atoms with E-state index in [9.17, 15) is 4.79 Å². The first-order valence-corrected chi connectivity index (χ1v) is 9.64. The molecule has 1 aliphatic heterocycles. The Morgan fingerprint density at radius 3 is 2.55 bits per heavy atom. The number of hydrogen-bond acceptors (Lipinski definition) is 3. The minimum atomic E-state index is 0.123. The van der Waals surface area contributed by atoms with E-state index in [4.69, 9.17) is 0 Å². The lowest BCUT2D eigenvalue weighted by molar-refractivity contribution is -0.132. The highest BCUT2D eigenvalue weighted by Crippen LogP contribution is 2.38. The Hall–Kier alpha value is -1.39. The molecule has 0 aliphatic carbocycles. The van der Waals surface area contributed by atoms with Gasteiger partial charge in [0.1, 0.15) is 5.37 Å². The van der Waals surface area contributed by atoms with Crippen LogP contribution in [0.3, 0.4) is 0 Å². The Morgan fingerprint density at radius 2 is 1.86 bits per heavy atom. The van der Waals surface area contributed by atoms with Crippen LogP contribution in [-0.2, 0) is 11.3 Å². The molecular formula is C18H19NOS2. The normalized spacial score (nSPS) is 18.5. The molecule has 2 aromatic rings. The van der Waals surface area contributed by atoms with Crippen molar-refractivity contribution in [2.24, 2.45) is 0 Å². The van der Waals surface area contributed by atoms with E-state index in [1.165, 1.54) is 16.0 Å². The van der Waals surface area contributed by atoms with Crippen molar-refractivity contribution in [3.8, 4) is 0 Å². The van der Waals surface area contributed by atoms with Gasteiger partial charge >= 0.3 is 0 Å². The van der Waals surface area contributed by atoms with E-state index in [-0.39, 0.29) is 11.3 Å². The van der Waals surface area contributed by atoms with Gasteiger partial charge in [0.15, 0.2) is 0 Å². The first-order chi connectivity index (χ1) is 10.8. The number of carbonyl (C=O) groups is 1. The lowest BCUT2D eigenvalue weighted by atomic mass is 10.1. The molecule has 4 heteroatoms. The molecule has 1 atom stereocenters. The number of carbonyl (C=O) groups excluding carboxylic acids is 1. The van der Waals surface area contributed by atoms with Crippen LogP contribution >= 0.6 is 23.5 Å². The van der Waals surface area contributed by atoms with Gasteiger partial charge in [-0.25, -0.2) is 0 Å². The van der Waals surface area contributed by atoms with E-state index >= 15 is 0 Å². The summed E-state index contributed by atoms with van der Waals surface area (Å²) in [7, 11) is 0. The summed E-state index contributed by atoms with van der Waals surface area (Å²) in [5.74, 6) is 1.15. The topological polar surface area (TPSA) is 20.3 Å². The summed E-state index contributed by atoms with van der Waals surface area (Å²) in [4.78, 5) is 15.7. The molecule has 1 aliphatic rings. The zero-order valence-corrected chi connectivity index (χ0v) is 14.2. The highest BCUT2D eigenvalue weighted by atomic mass is 32.2. The van der Waals surface area contributed by atoms with Crippen molar-refractivity contribution in [1.29, 1.82) is 0 Å². The van der Waals surface area contributed by atoms with E-state index in [1.807, 2.05) is 34.9 Å². The molecule has 0 radical (unpaired) electrons. The summed E-state index contributed by atoms with van der Waals surface area (Å²) in [5, 5.41) is 0.123. The fraction of sp³-hybridized carbons (Fsp3) is 0.278. The second-order valence-electron chi connectivity index (χ2n) is 5.25. The Kier molecular flexibility index (Phi) is 5.11. The summed E-state index contributed by atoms with van der Waals surface area (Å²) in [6, 6.07) is 18.8. The quantitative estimate of drug-likeness (QED) is 0.766. The van der Waals surface area contributed by atoms with Crippen LogP contribution in [0.15, 0.2) is 59.5 Å². The molecule has 0 saturated carbocycles. The number of rotatable bonds is 4. The zero-order valence-electron chi connectivity index (χ0n) is 12.6. The number of benzene rings is 2. The molecule has 3 rings (SSSR count). The van der Waals surface area contributed by atoms with E-state index in [1.54, 1.807) is 11.8 Å². The standard InChI is InChI=1S/C18H19NOS2/c1-21-16-9-7-15(8-10-16)18-19(17(20)11-12-22-18)13-14-5-3-2-4-6-14/h2-10,18H,11-13H2,1H3. The lowest BCUT2D eigenvalue weighted by Crippen LogP contribution is -2.36. The van der Waals surface area contributed by atoms with Crippen molar-refractivity contribution in [3.05, 3.63) is 65.7 Å². The maximum absolute atomic E-state index is 12.4. The summed E-state index contributed by atoms with van der Waals surface area (Å²) in [6.07, 6.45) is 2.71. The van der Waals surface area contributed by atoms with Crippen molar-refractivity contribution in [3.63, 3.8) is 0 Å². The molecular weight excluding hydrogens is 310 g/mol. The Balaban J connectivity index is 1.84. The average Bonchev–Trinajstić information content (AvgIpc) is 2.58. The molecule has 1 unspecified atom stereocenters. The summed E-state index contributed by atoms with van der Waals surface area (Å²) in [5.41, 5.74) is 2.40. The summed E-state index contributed by atoms with van der Waals surface area (Å²) in [6.45, 7) is 0.682. The van der Waals surface area contributed by atoms with Crippen LogP contribution in [-0.4, -0.2) is 22.8 Å². The molecule has 0 bridgehead atoms. The monoisotopic (exact) mass is 329 g/mol. The van der Waals surface area contributed by atoms with Crippen LogP contribution in [0.4, 0.5) is 0 Å². The van der Waals surface area contributed by atoms with Gasteiger partial charge < -0.3 is 4.90 Å². The predicted molar refractivity (Wildman–Crippen MR) is 95.0 cm³/mol. The smallest absolute Gasteiger partial charge is 0.224 e. The SMILES string of the molecule is CSc1ccc(C2SCCC(=O)N2Cc2ccccc2)cc1. The fourth-order valence-electron chi connectivity index (χ4n) is 2.62. The van der Waals surface area contributed by atoms with Crippen molar-refractivity contribution in [2.45, 2.75) is 23.2 Å². The molecule has 1 amide bonds. The third-order valence-electron chi connectivity index (χ3n) is 3.79. The van der Waals surface area contributed by atoms with Crippen LogP contribution < -0.4 is 0 Å². The third kappa shape index (κ3) is 3.50. The molecule has 0 spiro atoms. The second kappa shape index (κ2) is 7.25. The Morgan fingerprint density at radius 1 is 1.14 bits per heavy atom.